The summed E-state index contributed by atoms with van der Waals surface area (Å²) in [5.41, 5.74) is 1.46. The first-order chi connectivity index (χ1) is 10.0. The van der Waals surface area contributed by atoms with E-state index in [0.29, 0.717) is 25.1 Å². The molecule has 1 heterocycles. The molecule has 0 radical (unpaired) electrons. The molecule has 2 N–H and O–H groups in total. The number of nitro benzene ring substituents is 1. The molecule has 0 fully saturated rings. The average Bonchev–Trinajstić information content (AvgIpc) is 2.47. The molecule has 0 aliphatic carbocycles. The lowest BCUT2D eigenvalue weighted by molar-refractivity contribution is -0.384. The van der Waals surface area contributed by atoms with Crippen LogP contribution in [0, 0.1) is 10.1 Å². The number of nitrogens with one attached hydrogen (secondary N) is 1. The SMILES string of the molecule is CCNCC(O)CN1C(=O)CCc2cc([N+](=O)[O-])ccc21. The van der Waals surface area contributed by atoms with Gasteiger partial charge in [-0.1, -0.05) is 6.92 Å². The molecule has 1 amide bonds. The molecule has 0 bridgehead atoms. The fourth-order valence-electron chi connectivity index (χ4n) is 2.45. The molecule has 0 saturated heterocycles. The van der Waals surface area contributed by atoms with Crippen molar-refractivity contribution in [1.82, 2.24) is 5.32 Å². The first-order valence-corrected chi connectivity index (χ1v) is 6.99. The lowest BCUT2D eigenvalue weighted by atomic mass is 10.00. The van der Waals surface area contributed by atoms with Gasteiger partial charge in [0, 0.05) is 30.8 Å². The number of hydrogen-bond acceptors (Lipinski definition) is 5. The van der Waals surface area contributed by atoms with E-state index in [2.05, 4.69) is 5.32 Å². The standard InChI is InChI=1S/C14H19N3O4/c1-2-15-8-12(18)9-16-13-5-4-11(17(20)21)7-10(13)3-6-14(16)19/h4-5,7,12,15,18H,2-3,6,8-9H2,1H3. The van der Waals surface area contributed by atoms with Crippen molar-refractivity contribution in [3.8, 4) is 0 Å². The summed E-state index contributed by atoms with van der Waals surface area (Å²) in [7, 11) is 0. The summed E-state index contributed by atoms with van der Waals surface area (Å²) in [6.07, 6.45) is 0.132. The van der Waals surface area contributed by atoms with E-state index in [1.807, 2.05) is 6.92 Å². The molecule has 0 aromatic heterocycles. The van der Waals surface area contributed by atoms with Crippen LogP contribution < -0.4 is 10.2 Å². The smallest absolute Gasteiger partial charge is 0.269 e. The summed E-state index contributed by atoms with van der Waals surface area (Å²) in [4.78, 5) is 23.9. The number of fused-ring (bicyclic) bond motifs is 1. The summed E-state index contributed by atoms with van der Waals surface area (Å²) in [6.45, 7) is 3.28. The predicted octanol–water partition coefficient (Wildman–Crippen LogP) is 0.844. The molecule has 2 rings (SSSR count). The van der Waals surface area contributed by atoms with Gasteiger partial charge in [0.05, 0.1) is 17.6 Å². The van der Waals surface area contributed by atoms with Crippen molar-refractivity contribution < 1.29 is 14.8 Å². The van der Waals surface area contributed by atoms with E-state index in [4.69, 9.17) is 0 Å². The minimum absolute atomic E-state index is 0.0243. The quantitative estimate of drug-likeness (QED) is 0.598. The van der Waals surface area contributed by atoms with Crippen molar-refractivity contribution in [2.75, 3.05) is 24.5 Å². The molecule has 1 aliphatic rings. The zero-order chi connectivity index (χ0) is 15.4. The maximum absolute atomic E-state index is 12.0. The van der Waals surface area contributed by atoms with E-state index in [9.17, 15) is 20.0 Å². The summed E-state index contributed by atoms with van der Waals surface area (Å²) < 4.78 is 0. The van der Waals surface area contributed by atoms with Crippen LogP contribution in [0.1, 0.15) is 18.9 Å². The van der Waals surface area contributed by atoms with Gasteiger partial charge in [-0.15, -0.1) is 0 Å². The number of aliphatic hydroxyl groups is 1. The number of carbonyl (C=O) groups is 1. The maximum Gasteiger partial charge on any atom is 0.269 e. The van der Waals surface area contributed by atoms with Gasteiger partial charge in [0.1, 0.15) is 0 Å². The number of aryl methyl sites for hydroxylation is 1. The second kappa shape index (κ2) is 6.64. The molecule has 1 atom stereocenters. The van der Waals surface area contributed by atoms with Gasteiger partial charge >= 0.3 is 0 Å². The van der Waals surface area contributed by atoms with Crippen LogP contribution >= 0.6 is 0 Å². The van der Waals surface area contributed by atoms with Crippen LogP contribution in [0.25, 0.3) is 0 Å². The summed E-state index contributed by atoms with van der Waals surface area (Å²) >= 11 is 0. The monoisotopic (exact) mass is 293 g/mol. The van der Waals surface area contributed by atoms with Crippen molar-refractivity contribution >= 4 is 17.3 Å². The number of nitrogens with zero attached hydrogens (tertiary/aromatic N) is 2. The number of anilines is 1. The highest BCUT2D eigenvalue weighted by molar-refractivity contribution is 5.96. The molecule has 7 nitrogen and oxygen atoms in total. The van der Waals surface area contributed by atoms with Crippen LogP contribution in [0.2, 0.25) is 0 Å². The number of hydrogen-bond donors (Lipinski definition) is 2. The molecule has 1 aromatic carbocycles. The fraction of sp³-hybridized carbons (Fsp3) is 0.500. The molecule has 1 unspecified atom stereocenters. The Morgan fingerprint density at radius 2 is 2.24 bits per heavy atom. The fourth-order valence-corrected chi connectivity index (χ4v) is 2.45. The second-order valence-corrected chi connectivity index (χ2v) is 5.04. The Hall–Kier alpha value is -1.99. The third kappa shape index (κ3) is 3.56. The highest BCUT2D eigenvalue weighted by atomic mass is 16.6. The number of non-ortho nitro benzene ring substituents is 1. The van der Waals surface area contributed by atoms with Crippen molar-refractivity contribution in [3.63, 3.8) is 0 Å². The second-order valence-electron chi connectivity index (χ2n) is 5.04. The van der Waals surface area contributed by atoms with Crippen molar-refractivity contribution in [2.45, 2.75) is 25.9 Å². The normalized spacial score (nSPS) is 15.7. The molecule has 1 aromatic rings. The molecule has 114 valence electrons. The zero-order valence-corrected chi connectivity index (χ0v) is 11.9. The minimum atomic E-state index is -0.671. The Labute approximate surface area is 122 Å². The van der Waals surface area contributed by atoms with E-state index in [1.54, 1.807) is 6.07 Å². The van der Waals surface area contributed by atoms with Gasteiger partial charge in [0.15, 0.2) is 0 Å². The van der Waals surface area contributed by atoms with Crippen LogP contribution in [-0.2, 0) is 11.2 Å². The lowest BCUT2D eigenvalue weighted by Crippen LogP contribution is -2.43. The third-order valence-electron chi connectivity index (χ3n) is 3.50. The van der Waals surface area contributed by atoms with Crippen LogP contribution in [0.5, 0.6) is 0 Å². The van der Waals surface area contributed by atoms with Gasteiger partial charge in [0.2, 0.25) is 5.91 Å². The van der Waals surface area contributed by atoms with Gasteiger partial charge < -0.3 is 15.3 Å². The number of aliphatic hydroxyl groups excluding tert-OH is 1. The number of likely N-dealkylation sites (N-methyl/N-ethyl adjacent to an activating group) is 1. The summed E-state index contributed by atoms with van der Waals surface area (Å²) in [5, 5.41) is 23.8. The summed E-state index contributed by atoms with van der Waals surface area (Å²) in [5.74, 6) is -0.0631. The molecule has 0 spiro atoms. The lowest BCUT2D eigenvalue weighted by Gasteiger charge is -2.31. The number of carbonyl (C=O) groups excluding carboxylic acids is 1. The van der Waals surface area contributed by atoms with Gasteiger partial charge in [-0.25, -0.2) is 0 Å². The van der Waals surface area contributed by atoms with Crippen LogP contribution in [0.3, 0.4) is 0 Å². The Kier molecular flexibility index (Phi) is 4.87. The zero-order valence-electron chi connectivity index (χ0n) is 11.9. The molecular weight excluding hydrogens is 274 g/mol. The Bertz CT molecular complexity index is 547. The maximum atomic E-state index is 12.0. The summed E-state index contributed by atoms with van der Waals surface area (Å²) in [6, 6.07) is 4.48. The number of β-amino-alcohol motifs (C(OH)–C–C–N with tert-alkyl or cyclic N) is 1. The number of benzene rings is 1. The van der Waals surface area contributed by atoms with Gasteiger partial charge in [-0.3, -0.25) is 14.9 Å². The molecule has 0 saturated carbocycles. The van der Waals surface area contributed by atoms with E-state index in [-0.39, 0.29) is 18.1 Å². The highest BCUT2D eigenvalue weighted by Gasteiger charge is 2.27. The van der Waals surface area contributed by atoms with Crippen molar-refractivity contribution in [2.24, 2.45) is 0 Å². The minimum Gasteiger partial charge on any atom is -0.390 e. The Morgan fingerprint density at radius 3 is 2.90 bits per heavy atom. The molecule has 21 heavy (non-hydrogen) atoms. The van der Waals surface area contributed by atoms with Gasteiger partial charge in [0.25, 0.3) is 5.69 Å². The molecule has 1 aliphatic heterocycles. The first-order valence-electron chi connectivity index (χ1n) is 6.99. The van der Waals surface area contributed by atoms with E-state index >= 15 is 0 Å². The largest absolute Gasteiger partial charge is 0.390 e. The average molecular weight is 293 g/mol. The number of nitro groups is 1. The van der Waals surface area contributed by atoms with E-state index < -0.39 is 11.0 Å². The van der Waals surface area contributed by atoms with Crippen molar-refractivity contribution in [3.05, 3.63) is 33.9 Å². The predicted molar refractivity (Wildman–Crippen MR) is 78.3 cm³/mol. The van der Waals surface area contributed by atoms with Crippen LogP contribution in [0.4, 0.5) is 11.4 Å². The van der Waals surface area contributed by atoms with Gasteiger partial charge in [-0.05, 0) is 24.6 Å². The number of rotatable bonds is 6. The molecule has 7 heteroatoms. The van der Waals surface area contributed by atoms with Crippen molar-refractivity contribution in [1.29, 1.82) is 0 Å². The van der Waals surface area contributed by atoms with Crippen LogP contribution in [-0.4, -0.2) is 41.7 Å². The Balaban J connectivity index is 2.20. The topological polar surface area (TPSA) is 95.7 Å². The van der Waals surface area contributed by atoms with E-state index in [1.165, 1.54) is 17.0 Å². The van der Waals surface area contributed by atoms with Crippen LogP contribution in [0.15, 0.2) is 18.2 Å². The molecular formula is C14H19N3O4. The van der Waals surface area contributed by atoms with E-state index in [0.717, 1.165) is 12.1 Å². The first kappa shape index (κ1) is 15.4. The third-order valence-corrected chi connectivity index (χ3v) is 3.50. The highest BCUT2D eigenvalue weighted by Crippen LogP contribution is 2.31. The van der Waals surface area contributed by atoms with Gasteiger partial charge in [-0.2, -0.15) is 0 Å². The Morgan fingerprint density at radius 1 is 1.48 bits per heavy atom. The number of amides is 1.